The van der Waals surface area contributed by atoms with Crippen molar-refractivity contribution < 1.29 is 14.3 Å². The van der Waals surface area contributed by atoms with E-state index in [0.717, 1.165) is 0 Å². The minimum Gasteiger partial charge on any atom is -0.450 e. The Labute approximate surface area is 138 Å². The largest absolute Gasteiger partial charge is 0.450 e. The molecule has 1 aromatic carbocycles. The third-order valence-electron chi connectivity index (χ3n) is 3.26. The fraction of sp³-hybridized carbons (Fsp3) is 0.429. The van der Waals surface area contributed by atoms with Gasteiger partial charge in [-0.25, -0.2) is 9.59 Å². The molecule has 1 aromatic rings. The number of ether oxygens (including phenoxy) is 1. The summed E-state index contributed by atoms with van der Waals surface area (Å²) in [6.45, 7) is 3.91. The van der Waals surface area contributed by atoms with Crippen LogP contribution in [0.15, 0.2) is 18.2 Å². The Morgan fingerprint density at radius 2 is 1.77 bits per heavy atom. The maximum Gasteiger partial charge on any atom is 0.409 e. The summed E-state index contributed by atoms with van der Waals surface area (Å²) in [6.07, 6.45) is -0.341. The Bertz CT molecular complexity index is 560. The van der Waals surface area contributed by atoms with Crippen molar-refractivity contribution in [2.75, 3.05) is 38.1 Å². The number of piperazine rings is 1. The van der Waals surface area contributed by atoms with Gasteiger partial charge in [0, 0.05) is 31.9 Å². The van der Waals surface area contributed by atoms with E-state index in [0.29, 0.717) is 48.5 Å². The van der Waals surface area contributed by atoms with Crippen molar-refractivity contribution in [1.82, 2.24) is 9.80 Å². The first-order valence-electron chi connectivity index (χ1n) is 6.94. The van der Waals surface area contributed by atoms with Crippen LogP contribution in [0, 0.1) is 0 Å². The van der Waals surface area contributed by atoms with Gasteiger partial charge in [0.2, 0.25) is 0 Å². The Balaban J connectivity index is 1.87. The first-order valence-corrected chi connectivity index (χ1v) is 7.69. The quantitative estimate of drug-likeness (QED) is 0.894. The van der Waals surface area contributed by atoms with Gasteiger partial charge < -0.3 is 19.9 Å². The Morgan fingerprint density at radius 3 is 2.36 bits per heavy atom. The van der Waals surface area contributed by atoms with Gasteiger partial charge in [0.05, 0.1) is 16.7 Å². The minimum atomic E-state index is -0.341. The molecule has 8 heteroatoms. The summed E-state index contributed by atoms with van der Waals surface area (Å²) in [7, 11) is 0. The van der Waals surface area contributed by atoms with Gasteiger partial charge in [-0.3, -0.25) is 0 Å². The second-order valence-electron chi connectivity index (χ2n) is 4.73. The first kappa shape index (κ1) is 16.7. The molecule has 0 bridgehead atoms. The van der Waals surface area contributed by atoms with Crippen molar-refractivity contribution in [3.63, 3.8) is 0 Å². The van der Waals surface area contributed by atoms with Gasteiger partial charge in [0.1, 0.15) is 0 Å². The van der Waals surface area contributed by atoms with E-state index in [1.165, 1.54) is 0 Å². The van der Waals surface area contributed by atoms with Crippen molar-refractivity contribution in [3.8, 4) is 0 Å². The Kier molecular flexibility index (Phi) is 5.74. The smallest absolute Gasteiger partial charge is 0.409 e. The molecule has 0 aliphatic carbocycles. The zero-order valence-electron chi connectivity index (χ0n) is 12.1. The lowest BCUT2D eigenvalue weighted by Crippen LogP contribution is -2.51. The number of nitrogens with one attached hydrogen (secondary N) is 1. The number of carbonyl (C=O) groups excluding carboxylic acids is 2. The number of nitrogens with zero attached hydrogens (tertiary/aromatic N) is 2. The molecule has 0 saturated carbocycles. The highest BCUT2D eigenvalue weighted by Crippen LogP contribution is 2.25. The lowest BCUT2D eigenvalue weighted by molar-refractivity contribution is 0.0868. The molecule has 1 fully saturated rings. The number of benzene rings is 1. The topological polar surface area (TPSA) is 61.9 Å². The van der Waals surface area contributed by atoms with Gasteiger partial charge in [0.25, 0.3) is 0 Å². The number of halogens is 2. The third-order valence-corrected chi connectivity index (χ3v) is 4.00. The molecule has 1 N–H and O–H groups in total. The lowest BCUT2D eigenvalue weighted by atomic mass is 10.3. The van der Waals surface area contributed by atoms with E-state index < -0.39 is 0 Å². The summed E-state index contributed by atoms with van der Waals surface area (Å²) >= 11 is 11.7. The van der Waals surface area contributed by atoms with Crippen LogP contribution in [0.5, 0.6) is 0 Å². The predicted octanol–water partition coefficient (Wildman–Crippen LogP) is 3.30. The normalized spacial score (nSPS) is 14.7. The van der Waals surface area contributed by atoms with Crippen molar-refractivity contribution in [3.05, 3.63) is 28.2 Å². The van der Waals surface area contributed by atoms with E-state index in [1.54, 1.807) is 34.9 Å². The van der Waals surface area contributed by atoms with Crippen LogP contribution in [0.25, 0.3) is 0 Å². The van der Waals surface area contributed by atoms with Crippen LogP contribution < -0.4 is 5.32 Å². The molecule has 0 atom stereocenters. The van der Waals surface area contributed by atoms with Crippen LogP contribution in [-0.4, -0.2) is 54.7 Å². The van der Waals surface area contributed by atoms with E-state index >= 15 is 0 Å². The highest BCUT2D eigenvalue weighted by Gasteiger charge is 2.24. The molecule has 0 radical (unpaired) electrons. The van der Waals surface area contributed by atoms with Gasteiger partial charge in [0.15, 0.2) is 0 Å². The van der Waals surface area contributed by atoms with Crippen LogP contribution in [-0.2, 0) is 4.74 Å². The van der Waals surface area contributed by atoms with E-state index in [-0.39, 0.29) is 12.1 Å². The molecule has 1 saturated heterocycles. The predicted molar refractivity (Wildman–Crippen MR) is 85.6 cm³/mol. The fourth-order valence-corrected chi connectivity index (χ4v) is 2.38. The molecule has 3 amide bonds. The van der Waals surface area contributed by atoms with Crippen LogP contribution in [0.3, 0.4) is 0 Å². The van der Waals surface area contributed by atoms with Gasteiger partial charge in [-0.1, -0.05) is 23.2 Å². The SMILES string of the molecule is CCOC(=O)N1CCN(C(=O)Nc2ccc(Cl)c(Cl)c2)CC1. The maximum atomic E-state index is 12.2. The summed E-state index contributed by atoms with van der Waals surface area (Å²) in [4.78, 5) is 27.0. The fourth-order valence-electron chi connectivity index (χ4n) is 2.08. The summed E-state index contributed by atoms with van der Waals surface area (Å²) in [5.41, 5.74) is 0.576. The van der Waals surface area contributed by atoms with Crippen LogP contribution in [0.4, 0.5) is 15.3 Å². The molecule has 1 aliphatic rings. The van der Waals surface area contributed by atoms with Crippen molar-refractivity contribution in [1.29, 1.82) is 0 Å². The maximum absolute atomic E-state index is 12.2. The van der Waals surface area contributed by atoms with E-state index in [4.69, 9.17) is 27.9 Å². The van der Waals surface area contributed by atoms with E-state index in [1.807, 2.05) is 0 Å². The average molecular weight is 346 g/mol. The summed E-state index contributed by atoms with van der Waals surface area (Å²) < 4.78 is 4.94. The molecule has 120 valence electrons. The van der Waals surface area contributed by atoms with Crippen molar-refractivity contribution in [2.45, 2.75) is 6.92 Å². The monoisotopic (exact) mass is 345 g/mol. The van der Waals surface area contributed by atoms with Crippen molar-refractivity contribution >= 4 is 41.0 Å². The highest BCUT2D eigenvalue weighted by atomic mass is 35.5. The molecule has 0 spiro atoms. The number of amides is 3. The number of rotatable bonds is 2. The molecule has 0 unspecified atom stereocenters. The molecule has 22 heavy (non-hydrogen) atoms. The van der Waals surface area contributed by atoms with Crippen molar-refractivity contribution in [2.24, 2.45) is 0 Å². The zero-order valence-corrected chi connectivity index (χ0v) is 13.7. The van der Waals surface area contributed by atoms with Gasteiger partial charge in [-0.2, -0.15) is 0 Å². The average Bonchev–Trinajstić information content (AvgIpc) is 2.51. The third kappa shape index (κ3) is 4.18. The van der Waals surface area contributed by atoms with E-state index in [2.05, 4.69) is 5.32 Å². The number of hydrogen-bond acceptors (Lipinski definition) is 3. The van der Waals surface area contributed by atoms with Gasteiger partial charge in [-0.15, -0.1) is 0 Å². The zero-order chi connectivity index (χ0) is 16.1. The van der Waals surface area contributed by atoms with E-state index in [9.17, 15) is 9.59 Å². The van der Waals surface area contributed by atoms with Gasteiger partial charge >= 0.3 is 12.1 Å². The molecule has 1 aliphatic heterocycles. The number of anilines is 1. The van der Waals surface area contributed by atoms with Crippen LogP contribution in [0.2, 0.25) is 10.0 Å². The Morgan fingerprint density at radius 1 is 1.14 bits per heavy atom. The summed E-state index contributed by atoms with van der Waals surface area (Å²) in [6, 6.07) is 4.66. The molecule has 2 rings (SSSR count). The van der Waals surface area contributed by atoms with Gasteiger partial charge in [-0.05, 0) is 25.1 Å². The molecule has 6 nitrogen and oxygen atoms in total. The Hall–Kier alpha value is -1.66. The first-order chi connectivity index (χ1) is 10.5. The molecule has 1 heterocycles. The standard InChI is InChI=1S/C14H17Cl2N3O3/c1-2-22-14(21)19-7-5-18(6-8-19)13(20)17-10-3-4-11(15)12(16)9-10/h3-4,9H,2,5-8H2,1H3,(H,17,20). The molecular weight excluding hydrogens is 329 g/mol. The van der Waals surface area contributed by atoms with Crippen LogP contribution >= 0.6 is 23.2 Å². The summed E-state index contributed by atoms with van der Waals surface area (Å²) in [5, 5.41) is 3.57. The number of hydrogen-bond donors (Lipinski definition) is 1. The molecule has 0 aromatic heterocycles. The number of carbonyl (C=O) groups is 2. The second kappa shape index (κ2) is 7.56. The number of urea groups is 1. The molecular formula is C14H17Cl2N3O3. The lowest BCUT2D eigenvalue weighted by Gasteiger charge is -2.34. The highest BCUT2D eigenvalue weighted by molar-refractivity contribution is 6.42. The minimum absolute atomic E-state index is 0.234. The second-order valence-corrected chi connectivity index (χ2v) is 5.55. The summed E-state index contributed by atoms with van der Waals surface area (Å²) in [5.74, 6) is 0. The van der Waals surface area contributed by atoms with Crippen LogP contribution in [0.1, 0.15) is 6.92 Å².